The molecule has 4 atom stereocenters. The normalized spacial score (nSPS) is 35.7. The van der Waals surface area contributed by atoms with Gasteiger partial charge in [0, 0.05) is 30.2 Å². The third-order valence-corrected chi connectivity index (χ3v) is 6.42. The number of aromatic amines is 1. The number of hydrogen-bond donors (Lipinski definition) is 2. The van der Waals surface area contributed by atoms with E-state index >= 15 is 0 Å². The molecule has 0 radical (unpaired) electrons. The Bertz CT molecular complexity index is 810. The molecule has 4 aliphatic rings. The third kappa shape index (κ3) is 1.75. The molecule has 4 unspecified atom stereocenters. The maximum atomic E-state index is 12.8. The summed E-state index contributed by atoms with van der Waals surface area (Å²) in [7, 11) is 0. The van der Waals surface area contributed by atoms with Gasteiger partial charge in [-0.05, 0) is 31.3 Å². The SMILES string of the molecule is C#CC1C=Cc2[nH]nc(C(=O)NC3CN4CCC45CCC35)c2C=C1. The van der Waals surface area contributed by atoms with Gasteiger partial charge in [-0.15, -0.1) is 6.42 Å². The first kappa shape index (κ1) is 14.1. The van der Waals surface area contributed by atoms with Crippen LogP contribution in [-0.2, 0) is 0 Å². The number of allylic oxidation sites excluding steroid dienone is 2. The molecule has 0 aromatic carbocycles. The second-order valence-electron chi connectivity index (χ2n) is 7.33. The number of aromatic nitrogens is 2. The molecule has 1 aromatic rings. The van der Waals surface area contributed by atoms with Crippen molar-refractivity contribution in [1.82, 2.24) is 20.4 Å². The van der Waals surface area contributed by atoms with Crippen LogP contribution in [0.2, 0.25) is 0 Å². The van der Waals surface area contributed by atoms with Gasteiger partial charge < -0.3 is 5.32 Å². The number of nitrogens with one attached hydrogen (secondary N) is 2. The fraction of sp³-hybridized carbons (Fsp3) is 0.474. The Balaban J connectivity index is 1.37. The lowest BCUT2D eigenvalue weighted by molar-refractivity contribution is -0.0676. The van der Waals surface area contributed by atoms with Gasteiger partial charge in [0.2, 0.25) is 0 Å². The van der Waals surface area contributed by atoms with E-state index in [0.29, 0.717) is 17.2 Å². The second-order valence-corrected chi connectivity index (χ2v) is 7.33. The molecule has 3 fully saturated rings. The number of amides is 1. The lowest BCUT2D eigenvalue weighted by atomic mass is 9.61. The number of nitrogens with zero attached hydrogens (tertiary/aromatic N) is 2. The minimum Gasteiger partial charge on any atom is -0.346 e. The van der Waals surface area contributed by atoms with Crippen molar-refractivity contribution in [3.63, 3.8) is 0 Å². The maximum absolute atomic E-state index is 12.8. The summed E-state index contributed by atoms with van der Waals surface area (Å²) in [6.45, 7) is 2.17. The molecule has 5 rings (SSSR count). The van der Waals surface area contributed by atoms with E-state index in [0.717, 1.165) is 17.8 Å². The van der Waals surface area contributed by atoms with Gasteiger partial charge in [-0.3, -0.25) is 14.8 Å². The third-order valence-electron chi connectivity index (χ3n) is 6.42. The molecule has 1 spiro atoms. The predicted octanol–water partition coefficient (Wildman–Crippen LogP) is 1.67. The van der Waals surface area contributed by atoms with Crippen LogP contribution in [0.1, 0.15) is 41.0 Å². The Morgan fingerprint density at radius 3 is 2.96 bits per heavy atom. The lowest BCUT2D eigenvalue weighted by Crippen LogP contribution is -2.64. The fourth-order valence-corrected chi connectivity index (χ4v) is 4.91. The van der Waals surface area contributed by atoms with Crippen LogP contribution in [-0.4, -0.2) is 45.7 Å². The van der Waals surface area contributed by atoms with E-state index in [1.54, 1.807) is 0 Å². The fourth-order valence-electron chi connectivity index (χ4n) is 4.91. The van der Waals surface area contributed by atoms with Gasteiger partial charge in [-0.1, -0.05) is 24.1 Å². The van der Waals surface area contributed by atoms with Crippen LogP contribution in [0.15, 0.2) is 12.2 Å². The van der Waals surface area contributed by atoms with E-state index in [1.807, 2.05) is 24.3 Å². The van der Waals surface area contributed by atoms with Crippen LogP contribution >= 0.6 is 0 Å². The summed E-state index contributed by atoms with van der Waals surface area (Å²) >= 11 is 0. The summed E-state index contributed by atoms with van der Waals surface area (Å²) in [4.78, 5) is 15.3. The molecule has 5 nitrogen and oxygen atoms in total. The topological polar surface area (TPSA) is 61.0 Å². The summed E-state index contributed by atoms with van der Waals surface area (Å²) in [5.41, 5.74) is 2.55. The van der Waals surface area contributed by atoms with E-state index < -0.39 is 0 Å². The molecule has 0 bridgehead atoms. The smallest absolute Gasteiger partial charge is 0.272 e. The van der Waals surface area contributed by atoms with Gasteiger partial charge in [0.1, 0.15) is 0 Å². The number of fused-ring (bicyclic) bond motifs is 1. The number of hydrogen-bond acceptors (Lipinski definition) is 3. The molecule has 2 N–H and O–H groups in total. The molecular weight excluding hydrogens is 300 g/mol. The summed E-state index contributed by atoms with van der Waals surface area (Å²) in [5, 5.41) is 10.4. The molecular formula is C19H20N4O. The summed E-state index contributed by atoms with van der Waals surface area (Å²) in [6.07, 6.45) is 17.0. The average Bonchev–Trinajstić information content (AvgIpc) is 2.88. The molecule has 1 saturated carbocycles. The zero-order chi connectivity index (χ0) is 16.3. The second kappa shape index (κ2) is 4.84. The quantitative estimate of drug-likeness (QED) is 0.815. The zero-order valence-corrected chi connectivity index (χ0v) is 13.5. The highest BCUT2D eigenvalue weighted by Crippen LogP contribution is 2.57. The molecule has 2 aliphatic carbocycles. The van der Waals surface area contributed by atoms with Crippen LogP contribution < -0.4 is 5.32 Å². The largest absolute Gasteiger partial charge is 0.346 e. The van der Waals surface area contributed by atoms with Crippen molar-refractivity contribution < 1.29 is 4.79 Å². The van der Waals surface area contributed by atoms with E-state index in [9.17, 15) is 4.79 Å². The molecule has 1 aromatic heterocycles. The maximum Gasteiger partial charge on any atom is 0.272 e. The summed E-state index contributed by atoms with van der Waals surface area (Å²) < 4.78 is 0. The molecule has 5 heteroatoms. The molecule has 122 valence electrons. The predicted molar refractivity (Wildman–Crippen MR) is 91.9 cm³/mol. The van der Waals surface area contributed by atoms with Crippen LogP contribution in [0, 0.1) is 24.2 Å². The van der Waals surface area contributed by atoms with E-state index in [2.05, 4.69) is 26.3 Å². The van der Waals surface area contributed by atoms with E-state index in [1.165, 1.54) is 25.8 Å². The lowest BCUT2D eigenvalue weighted by Gasteiger charge is -2.58. The van der Waals surface area contributed by atoms with Gasteiger partial charge in [0.05, 0.1) is 11.6 Å². The Hall–Kier alpha value is -2.32. The monoisotopic (exact) mass is 320 g/mol. The first-order valence-corrected chi connectivity index (χ1v) is 8.68. The van der Waals surface area contributed by atoms with Crippen LogP contribution in [0.4, 0.5) is 0 Å². The van der Waals surface area contributed by atoms with Crippen molar-refractivity contribution in [2.45, 2.75) is 30.8 Å². The van der Waals surface area contributed by atoms with Crippen molar-refractivity contribution in [1.29, 1.82) is 0 Å². The van der Waals surface area contributed by atoms with Crippen LogP contribution in [0.25, 0.3) is 12.2 Å². The Morgan fingerprint density at radius 2 is 2.29 bits per heavy atom. The first-order chi connectivity index (χ1) is 11.7. The van der Waals surface area contributed by atoms with Crippen molar-refractivity contribution in [3.05, 3.63) is 29.1 Å². The van der Waals surface area contributed by atoms with Gasteiger partial charge in [-0.25, -0.2) is 0 Å². The Morgan fingerprint density at radius 1 is 1.42 bits per heavy atom. The number of rotatable bonds is 2. The van der Waals surface area contributed by atoms with Crippen molar-refractivity contribution in [2.75, 3.05) is 13.1 Å². The van der Waals surface area contributed by atoms with E-state index in [-0.39, 0.29) is 17.9 Å². The standard InChI is InChI=1S/C19H20N4O/c1-2-12-3-5-13-15(6-4-12)21-22-17(13)18(24)20-16-11-23-10-9-19(23)8-7-14(16)19/h1,3-6,12,14,16H,7-11H2,(H,20,24)(H,21,22). The molecule has 2 saturated heterocycles. The van der Waals surface area contributed by atoms with Gasteiger partial charge in [-0.2, -0.15) is 5.10 Å². The average molecular weight is 320 g/mol. The summed E-state index contributed by atoms with van der Waals surface area (Å²) in [5.74, 6) is 3.19. The zero-order valence-electron chi connectivity index (χ0n) is 13.5. The summed E-state index contributed by atoms with van der Waals surface area (Å²) in [6, 6.07) is 0.254. The Labute approximate surface area is 141 Å². The number of carbonyl (C=O) groups excluding carboxylic acids is 1. The van der Waals surface area contributed by atoms with Gasteiger partial charge in [0.25, 0.3) is 5.91 Å². The molecule has 2 aliphatic heterocycles. The van der Waals surface area contributed by atoms with Gasteiger partial charge >= 0.3 is 0 Å². The number of terminal acetylenes is 1. The molecule has 1 amide bonds. The first-order valence-electron chi connectivity index (χ1n) is 8.68. The minimum absolute atomic E-state index is 0.0465. The highest BCUT2D eigenvalue weighted by atomic mass is 16.2. The van der Waals surface area contributed by atoms with Gasteiger partial charge in [0.15, 0.2) is 5.69 Å². The highest BCUT2D eigenvalue weighted by molar-refractivity contribution is 5.97. The van der Waals surface area contributed by atoms with Crippen molar-refractivity contribution in [2.24, 2.45) is 11.8 Å². The highest BCUT2D eigenvalue weighted by Gasteiger charge is 2.63. The Kier molecular flexibility index (Phi) is 2.84. The number of carbonyl (C=O) groups is 1. The van der Waals surface area contributed by atoms with Crippen LogP contribution in [0.5, 0.6) is 0 Å². The molecule has 24 heavy (non-hydrogen) atoms. The minimum atomic E-state index is -0.0840. The van der Waals surface area contributed by atoms with E-state index in [4.69, 9.17) is 6.42 Å². The van der Waals surface area contributed by atoms with Crippen molar-refractivity contribution in [3.8, 4) is 12.3 Å². The van der Waals surface area contributed by atoms with Crippen molar-refractivity contribution >= 4 is 18.1 Å². The van der Waals surface area contributed by atoms with Crippen LogP contribution in [0.3, 0.4) is 0 Å². The molecule has 3 heterocycles. The number of H-pyrrole nitrogens is 1.